The Kier molecular flexibility index (Phi) is 8.78. The minimum Gasteiger partial charge on any atom is -0.307 e. The summed E-state index contributed by atoms with van der Waals surface area (Å²) >= 11 is 0. The number of fused-ring (bicyclic) bond motifs is 8. The van der Waals surface area contributed by atoms with Gasteiger partial charge in [0.2, 0.25) is 5.95 Å². The highest BCUT2D eigenvalue weighted by atomic mass is 15.2. The summed E-state index contributed by atoms with van der Waals surface area (Å²) in [4.78, 5) is 16.1. The molecule has 0 saturated heterocycles. The largest absolute Gasteiger partial charge is 0.307 e. The molecule has 0 aliphatic rings. The van der Waals surface area contributed by atoms with E-state index in [0.29, 0.717) is 17.6 Å². The lowest BCUT2D eigenvalue weighted by Crippen LogP contribution is -2.07. The van der Waals surface area contributed by atoms with Crippen molar-refractivity contribution in [3.8, 4) is 67.8 Å². The molecule has 0 saturated carbocycles. The molecule has 0 N–H and O–H groups in total. The van der Waals surface area contributed by atoms with Gasteiger partial charge < -0.3 is 4.57 Å². The molecule has 0 aliphatic heterocycles. The van der Waals surface area contributed by atoms with E-state index < -0.39 is 0 Å². The zero-order chi connectivity index (χ0) is 43.6. The Bertz CT molecular complexity index is 3960. The van der Waals surface area contributed by atoms with Crippen molar-refractivity contribution < 1.29 is 0 Å². The molecule has 0 aliphatic carbocycles. The van der Waals surface area contributed by atoms with Crippen LogP contribution in [0.5, 0.6) is 0 Å². The molecule has 0 unspecified atom stereocenters. The number of rotatable bonds is 7. The highest BCUT2D eigenvalue weighted by molar-refractivity contribution is 6.24. The first-order valence-electron chi connectivity index (χ1n) is 22.4. The standard InChI is InChI=1S/C61H39N5/c1-4-16-40(17-5-1)43-28-31-45(32-29-43)59-62-60(48-33-30-42-20-10-11-23-46(42)38-48)64-61(63-59)66-55-27-15-13-25-50(55)52-36-35-51-49-24-12-14-26-54(49)65(57(51)58(52)66)56-37-34-47(41-18-6-2-7-19-41)39-53(56)44-21-8-3-9-22-44/h1-39H. The van der Waals surface area contributed by atoms with Crippen LogP contribution in [0, 0.1) is 0 Å². The van der Waals surface area contributed by atoms with E-state index >= 15 is 0 Å². The summed E-state index contributed by atoms with van der Waals surface area (Å²) in [5, 5.41) is 6.84. The second-order valence-corrected chi connectivity index (χ2v) is 16.8. The molecular weight excluding hydrogens is 803 g/mol. The van der Waals surface area contributed by atoms with Crippen molar-refractivity contribution in [2.45, 2.75) is 0 Å². The van der Waals surface area contributed by atoms with Gasteiger partial charge in [-0.15, -0.1) is 0 Å². The maximum Gasteiger partial charge on any atom is 0.238 e. The molecule has 0 atom stereocenters. The zero-order valence-electron chi connectivity index (χ0n) is 35.8. The number of hydrogen-bond donors (Lipinski definition) is 0. The first kappa shape index (κ1) is 37.6. The summed E-state index contributed by atoms with van der Waals surface area (Å²) in [6, 6.07) is 84.1. The lowest BCUT2D eigenvalue weighted by atomic mass is 9.97. The second-order valence-electron chi connectivity index (χ2n) is 16.8. The van der Waals surface area contributed by atoms with Crippen LogP contribution in [0.3, 0.4) is 0 Å². The Balaban J connectivity index is 1.12. The molecule has 10 aromatic carbocycles. The molecule has 3 heterocycles. The average molecular weight is 842 g/mol. The van der Waals surface area contributed by atoms with Gasteiger partial charge in [-0.05, 0) is 68.9 Å². The van der Waals surface area contributed by atoms with Gasteiger partial charge in [0, 0.05) is 38.2 Å². The Morgan fingerprint density at radius 2 is 0.742 bits per heavy atom. The summed E-state index contributed by atoms with van der Waals surface area (Å²) in [7, 11) is 0. The summed E-state index contributed by atoms with van der Waals surface area (Å²) in [6.07, 6.45) is 0. The van der Waals surface area contributed by atoms with Crippen LogP contribution < -0.4 is 0 Å². The Morgan fingerprint density at radius 1 is 0.273 bits per heavy atom. The number of aromatic nitrogens is 5. The van der Waals surface area contributed by atoms with Gasteiger partial charge in [0.25, 0.3) is 0 Å². The van der Waals surface area contributed by atoms with Crippen molar-refractivity contribution >= 4 is 54.4 Å². The molecule has 13 aromatic rings. The molecule has 0 fully saturated rings. The van der Waals surface area contributed by atoms with Crippen LogP contribution in [-0.4, -0.2) is 24.1 Å². The van der Waals surface area contributed by atoms with Crippen molar-refractivity contribution in [3.63, 3.8) is 0 Å². The SMILES string of the molecule is c1ccc(-c2ccc(-c3nc(-c4ccc5ccccc5c4)nc(-n4c5ccccc5c5ccc6c7ccccc7n(-c7ccc(-c8ccccc8)cc7-c7ccccc7)c6c54)n3)cc2)cc1. The minimum atomic E-state index is 0.550. The highest BCUT2D eigenvalue weighted by Gasteiger charge is 2.25. The third-order valence-electron chi connectivity index (χ3n) is 13.0. The predicted octanol–water partition coefficient (Wildman–Crippen LogP) is 15.6. The van der Waals surface area contributed by atoms with Crippen LogP contribution in [0.2, 0.25) is 0 Å². The first-order valence-corrected chi connectivity index (χ1v) is 22.4. The number of benzene rings is 10. The van der Waals surface area contributed by atoms with Crippen LogP contribution in [-0.2, 0) is 0 Å². The van der Waals surface area contributed by atoms with Gasteiger partial charge in [-0.2, -0.15) is 9.97 Å². The summed E-state index contributed by atoms with van der Waals surface area (Å²) in [5.74, 6) is 1.76. The lowest BCUT2D eigenvalue weighted by Gasteiger charge is -2.17. The summed E-state index contributed by atoms with van der Waals surface area (Å²) in [5.41, 5.74) is 14.1. The fraction of sp³-hybridized carbons (Fsp3) is 0. The first-order chi connectivity index (χ1) is 32.7. The van der Waals surface area contributed by atoms with Crippen LogP contribution in [0.15, 0.2) is 237 Å². The molecule has 13 rings (SSSR count). The fourth-order valence-electron chi connectivity index (χ4n) is 9.84. The van der Waals surface area contributed by atoms with E-state index in [1.54, 1.807) is 0 Å². The smallest absolute Gasteiger partial charge is 0.238 e. The second kappa shape index (κ2) is 15.4. The fourth-order valence-corrected chi connectivity index (χ4v) is 9.84. The quantitative estimate of drug-likeness (QED) is 0.161. The molecular formula is C61H39N5. The number of hydrogen-bond acceptors (Lipinski definition) is 3. The van der Waals surface area contributed by atoms with E-state index in [0.717, 1.165) is 93.6 Å². The molecule has 0 bridgehead atoms. The molecule has 66 heavy (non-hydrogen) atoms. The highest BCUT2D eigenvalue weighted by Crippen LogP contribution is 2.44. The third kappa shape index (κ3) is 6.21. The maximum absolute atomic E-state index is 5.45. The average Bonchev–Trinajstić information content (AvgIpc) is 3.92. The van der Waals surface area contributed by atoms with E-state index in [2.05, 4.69) is 240 Å². The summed E-state index contributed by atoms with van der Waals surface area (Å²) in [6.45, 7) is 0. The molecule has 3 aromatic heterocycles. The van der Waals surface area contributed by atoms with Crippen molar-refractivity contribution in [3.05, 3.63) is 237 Å². The Morgan fingerprint density at radius 3 is 1.41 bits per heavy atom. The Labute approximate surface area is 381 Å². The van der Waals surface area contributed by atoms with Crippen molar-refractivity contribution in [1.82, 2.24) is 24.1 Å². The van der Waals surface area contributed by atoms with Crippen molar-refractivity contribution in [2.75, 3.05) is 0 Å². The molecule has 0 spiro atoms. The van der Waals surface area contributed by atoms with E-state index in [1.807, 2.05) is 6.07 Å². The van der Waals surface area contributed by atoms with Crippen LogP contribution in [0.25, 0.3) is 122 Å². The molecule has 308 valence electrons. The molecule has 5 heteroatoms. The number of para-hydroxylation sites is 2. The number of nitrogens with zero attached hydrogens (tertiary/aromatic N) is 5. The third-order valence-corrected chi connectivity index (χ3v) is 13.0. The topological polar surface area (TPSA) is 48.5 Å². The predicted molar refractivity (Wildman–Crippen MR) is 273 cm³/mol. The Hall–Kier alpha value is -8.93. The molecule has 5 nitrogen and oxygen atoms in total. The normalized spacial score (nSPS) is 11.6. The lowest BCUT2D eigenvalue weighted by molar-refractivity contribution is 0.953. The maximum atomic E-state index is 5.45. The van der Waals surface area contributed by atoms with Gasteiger partial charge in [0.05, 0.1) is 27.8 Å². The van der Waals surface area contributed by atoms with Crippen LogP contribution in [0.4, 0.5) is 0 Å². The van der Waals surface area contributed by atoms with E-state index in [4.69, 9.17) is 15.0 Å². The van der Waals surface area contributed by atoms with Gasteiger partial charge in [-0.3, -0.25) is 4.57 Å². The van der Waals surface area contributed by atoms with Gasteiger partial charge >= 0.3 is 0 Å². The van der Waals surface area contributed by atoms with Gasteiger partial charge in [0.15, 0.2) is 11.6 Å². The van der Waals surface area contributed by atoms with Crippen molar-refractivity contribution in [1.29, 1.82) is 0 Å². The minimum absolute atomic E-state index is 0.550. The van der Waals surface area contributed by atoms with Gasteiger partial charge in [-0.25, -0.2) is 4.98 Å². The van der Waals surface area contributed by atoms with E-state index in [-0.39, 0.29) is 0 Å². The van der Waals surface area contributed by atoms with Crippen LogP contribution >= 0.6 is 0 Å². The van der Waals surface area contributed by atoms with E-state index in [1.165, 1.54) is 10.9 Å². The van der Waals surface area contributed by atoms with E-state index in [9.17, 15) is 0 Å². The van der Waals surface area contributed by atoms with Gasteiger partial charge in [-0.1, -0.05) is 206 Å². The molecule has 0 radical (unpaired) electrons. The zero-order valence-corrected chi connectivity index (χ0v) is 35.8. The van der Waals surface area contributed by atoms with Gasteiger partial charge in [0.1, 0.15) is 0 Å². The monoisotopic (exact) mass is 841 g/mol. The molecule has 0 amide bonds. The van der Waals surface area contributed by atoms with Crippen molar-refractivity contribution in [2.24, 2.45) is 0 Å². The van der Waals surface area contributed by atoms with Crippen LogP contribution in [0.1, 0.15) is 0 Å². The summed E-state index contributed by atoms with van der Waals surface area (Å²) < 4.78 is 4.74.